The number of nitrogens with zero attached hydrogens (tertiary/aromatic N) is 5. The third-order valence-corrected chi connectivity index (χ3v) is 6.51. The van der Waals surface area contributed by atoms with E-state index in [4.69, 9.17) is 5.26 Å². The number of hydrogen-bond donors (Lipinski definition) is 1. The smallest absolute Gasteiger partial charge is 0.280 e. The van der Waals surface area contributed by atoms with E-state index in [-0.39, 0.29) is 11.5 Å². The zero-order valence-electron chi connectivity index (χ0n) is 18.6. The maximum absolute atomic E-state index is 13.0. The monoisotopic (exact) mass is 442 g/mol. The number of carbonyl (C=O) groups is 1. The number of piperazine rings is 1. The summed E-state index contributed by atoms with van der Waals surface area (Å²) in [5, 5.41) is 12.0. The molecule has 0 radical (unpaired) electrons. The fourth-order valence-corrected chi connectivity index (χ4v) is 4.39. The van der Waals surface area contributed by atoms with Crippen LogP contribution in [0.3, 0.4) is 0 Å². The van der Waals surface area contributed by atoms with E-state index >= 15 is 0 Å². The van der Waals surface area contributed by atoms with E-state index in [0.717, 1.165) is 49.8 Å². The minimum Gasteiger partial charge on any atom is -0.336 e. The van der Waals surface area contributed by atoms with Gasteiger partial charge in [-0.3, -0.25) is 19.6 Å². The van der Waals surface area contributed by atoms with Gasteiger partial charge < -0.3 is 4.90 Å². The predicted octanol–water partition coefficient (Wildman–Crippen LogP) is 2.58. The van der Waals surface area contributed by atoms with Crippen LogP contribution in [0.2, 0.25) is 0 Å². The molecule has 1 amide bonds. The number of benzene rings is 1. The van der Waals surface area contributed by atoms with Crippen molar-refractivity contribution < 1.29 is 4.79 Å². The van der Waals surface area contributed by atoms with Crippen LogP contribution in [0.5, 0.6) is 0 Å². The molecule has 0 spiro atoms. The number of carbonyl (C=O) groups excluding carboxylic acids is 1. The summed E-state index contributed by atoms with van der Waals surface area (Å²) in [5.74, 6) is 1.26. The fourth-order valence-electron chi connectivity index (χ4n) is 4.39. The summed E-state index contributed by atoms with van der Waals surface area (Å²) in [5.41, 5.74) is 2.96. The summed E-state index contributed by atoms with van der Waals surface area (Å²) in [6.07, 6.45) is 5.86. The minimum atomic E-state index is -0.235. The molecule has 2 aromatic heterocycles. The first-order chi connectivity index (χ1) is 16.0. The van der Waals surface area contributed by atoms with E-state index < -0.39 is 0 Å². The number of rotatable bonds is 5. The zero-order valence-corrected chi connectivity index (χ0v) is 18.6. The molecule has 3 heterocycles. The first-order valence-corrected chi connectivity index (χ1v) is 11.3. The van der Waals surface area contributed by atoms with Crippen molar-refractivity contribution in [3.63, 3.8) is 0 Å². The highest BCUT2D eigenvalue weighted by Gasteiger charge is 2.28. The van der Waals surface area contributed by atoms with Gasteiger partial charge in [0.05, 0.1) is 22.8 Å². The summed E-state index contributed by atoms with van der Waals surface area (Å²) in [6.45, 7) is 6.34. The molecule has 0 bridgehead atoms. The number of amides is 1. The van der Waals surface area contributed by atoms with Crippen LogP contribution >= 0.6 is 0 Å². The van der Waals surface area contributed by atoms with Gasteiger partial charge in [-0.1, -0.05) is 6.07 Å². The van der Waals surface area contributed by atoms with Crippen LogP contribution in [0.4, 0.5) is 0 Å². The van der Waals surface area contributed by atoms with Crippen LogP contribution in [0.15, 0.2) is 47.5 Å². The van der Waals surface area contributed by atoms with E-state index in [2.05, 4.69) is 21.1 Å². The predicted molar refractivity (Wildman–Crippen MR) is 124 cm³/mol. The summed E-state index contributed by atoms with van der Waals surface area (Å²) in [6, 6.07) is 10.8. The van der Waals surface area contributed by atoms with Crippen molar-refractivity contribution in [1.29, 1.82) is 5.26 Å². The lowest BCUT2D eigenvalue weighted by atomic mass is 10.0. The molecule has 1 N–H and O–H groups in total. The van der Waals surface area contributed by atoms with Gasteiger partial charge in [-0.25, -0.2) is 9.67 Å². The van der Waals surface area contributed by atoms with Crippen LogP contribution in [0, 0.1) is 24.2 Å². The lowest BCUT2D eigenvalue weighted by Crippen LogP contribution is -2.49. The lowest BCUT2D eigenvalue weighted by Gasteiger charge is -2.34. The molecule has 168 valence electrons. The summed E-state index contributed by atoms with van der Waals surface area (Å²) in [4.78, 5) is 34.6. The van der Waals surface area contributed by atoms with Crippen LogP contribution in [0.1, 0.15) is 34.3 Å². The van der Waals surface area contributed by atoms with Crippen LogP contribution < -0.4 is 5.56 Å². The molecule has 0 unspecified atom stereocenters. The average Bonchev–Trinajstić information content (AvgIpc) is 3.58. The topological polar surface area (TPSA) is 98.0 Å². The van der Waals surface area contributed by atoms with E-state index in [9.17, 15) is 9.59 Å². The molecule has 8 heteroatoms. The molecule has 0 atom stereocenters. The van der Waals surface area contributed by atoms with Crippen molar-refractivity contribution >= 4 is 5.91 Å². The molecule has 8 nitrogen and oxygen atoms in total. The van der Waals surface area contributed by atoms with Crippen molar-refractivity contribution in [3.8, 4) is 23.0 Å². The molecule has 1 aliphatic heterocycles. The van der Waals surface area contributed by atoms with E-state index in [0.29, 0.717) is 22.5 Å². The maximum atomic E-state index is 13.0. The highest BCUT2D eigenvalue weighted by molar-refractivity contribution is 5.94. The molecule has 33 heavy (non-hydrogen) atoms. The summed E-state index contributed by atoms with van der Waals surface area (Å²) in [7, 11) is 0. The minimum absolute atomic E-state index is 0.0205. The quantitative estimate of drug-likeness (QED) is 0.655. The van der Waals surface area contributed by atoms with E-state index in [1.165, 1.54) is 23.7 Å². The Morgan fingerprint density at radius 2 is 1.94 bits per heavy atom. The fraction of sp³-hybridized carbons (Fsp3) is 0.360. The third kappa shape index (κ3) is 4.32. The highest BCUT2D eigenvalue weighted by Crippen LogP contribution is 2.30. The van der Waals surface area contributed by atoms with Crippen molar-refractivity contribution in [3.05, 3.63) is 69.8 Å². The molecule has 1 saturated carbocycles. The number of pyridine rings is 1. The van der Waals surface area contributed by atoms with Crippen LogP contribution in [-0.4, -0.2) is 63.2 Å². The first-order valence-electron chi connectivity index (χ1n) is 11.3. The maximum Gasteiger partial charge on any atom is 0.280 e. The number of aryl methyl sites for hydroxylation is 1. The molecule has 1 aliphatic carbocycles. The molecular formula is C25H26N6O2. The number of H-pyrrole nitrogens is 1. The summed E-state index contributed by atoms with van der Waals surface area (Å²) < 4.78 is 1.36. The van der Waals surface area contributed by atoms with Gasteiger partial charge in [-0.05, 0) is 61.1 Å². The van der Waals surface area contributed by atoms with Crippen molar-refractivity contribution in [2.45, 2.75) is 19.8 Å². The Bertz CT molecular complexity index is 1270. The number of hydrogen-bond acceptors (Lipinski definition) is 5. The highest BCUT2D eigenvalue weighted by atomic mass is 16.2. The van der Waals surface area contributed by atoms with Crippen molar-refractivity contribution in [1.82, 2.24) is 24.6 Å². The number of aromatic nitrogens is 3. The molecule has 3 aromatic rings. The van der Waals surface area contributed by atoms with Crippen molar-refractivity contribution in [2.75, 3.05) is 32.7 Å². The second-order valence-electron chi connectivity index (χ2n) is 8.91. The lowest BCUT2D eigenvalue weighted by molar-refractivity contribution is 0.0631. The number of aromatic amines is 1. The standard InChI is InChI=1S/C25H26N6O2/c1-17-12-19(13-26)4-6-21(17)22-15-28-31(25(22)33)23-7-5-20(14-27-23)24(32)30-10-8-29(9-11-30)16-18-2-3-18/h4-7,12,14-15,18,28H,2-3,8-11,16H2,1H3. The number of nitriles is 1. The van der Waals surface area contributed by atoms with Gasteiger partial charge in [0.2, 0.25) is 0 Å². The SMILES string of the molecule is Cc1cc(C#N)ccc1-c1c[nH]n(-c2ccc(C(=O)N3CCN(CC4CC4)CC3)cn2)c1=O. The molecular weight excluding hydrogens is 416 g/mol. The van der Waals surface area contributed by atoms with Gasteiger partial charge in [-0.2, -0.15) is 5.26 Å². The molecule has 1 saturated heterocycles. The van der Waals surface area contributed by atoms with Gasteiger partial charge in [0, 0.05) is 45.1 Å². The van der Waals surface area contributed by atoms with Crippen LogP contribution in [-0.2, 0) is 0 Å². The summed E-state index contributed by atoms with van der Waals surface area (Å²) >= 11 is 0. The normalized spacial score (nSPS) is 16.5. The average molecular weight is 443 g/mol. The third-order valence-electron chi connectivity index (χ3n) is 6.51. The van der Waals surface area contributed by atoms with Gasteiger partial charge in [0.15, 0.2) is 5.82 Å². The van der Waals surface area contributed by atoms with Gasteiger partial charge >= 0.3 is 0 Å². The van der Waals surface area contributed by atoms with E-state index in [1.807, 2.05) is 11.8 Å². The molecule has 1 aromatic carbocycles. The van der Waals surface area contributed by atoms with Crippen molar-refractivity contribution in [2.24, 2.45) is 5.92 Å². The van der Waals surface area contributed by atoms with Gasteiger partial charge in [-0.15, -0.1) is 0 Å². The Kier molecular flexibility index (Phi) is 5.56. The molecule has 2 aliphatic rings. The van der Waals surface area contributed by atoms with Crippen LogP contribution in [0.25, 0.3) is 16.9 Å². The Morgan fingerprint density at radius 1 is 1.15 bits per heavy atom. The Morgan fingerprint density at radius 3 is 2.58 bits per heavy atom. The Balaban J connectivity index is 1.29. The first kappa shape index (κ1) is 21.2. The zero-order chi connectivity index (χ0) is 22.9. The Labute approximate surface area is 192 Å². The molecule has 5 rings (SSSR count). The molecule has 2 fully saturated rings. The van der Waals surface area contributed by atoms with Gasteiger partial charge in [0.1, 0.15) is 0 Å². The second kappa shape index (κ2) is 8.68. The second-order valence-corrected chi connectivity index (χ2v) is 8.91. The van der Waals surface area contributed by atoms with E-state index in [1.54, 1.807) is 36.5 Å². The number of nitrogens with one attached hydrogen (secondary N) is 1. The largest absolute Gasteiger partial charge is 0.336 e. The Hall–Kier alpha value is -3.70. The van der Waals surface area contributed by atoms with Gasteiger partial charge in [0.25, 0.3) is 11.5 Å².